The molecule has 6 heteroatoms. The van der Waals surface area contributed by atoms with E-state index in [2.05, 4.69) is 23.2 Å². The summed E-state index contributed by atoms with van der Waals surface area (Å²) in [6.07, 6.45) is 0. The molecule has 0 unspecified atom stereocenters. The summed E-state index contributed by atoms with van der Waals surface area (Å²) in [4.78, 5) is 9.27. The monoisotopic (exact) mass is 168 g/mol. The molecule has 0 aliphatic rings. The second-order valence-electron chi connectivity index (χ2n) is 0.785. The van der Waals surface area contributed by atoms with E-state index < -0.39 is 10.6 Å². The standard InChI is InChI=1S/C2HCl2FO2.Na/c3-2(4,5)1(6)7;/h(H,6,7);/q;+1/p-1. The molecular weight excluding hydrogens is 169 g/mol. The van der Waals surface area contributed by atoms with E-state index in [1.807, 2.05) is 0 Å². The van der Waals surface area contributed by atoms with Gasteiger partial charge < -0.3 is 9.90 Å². The van der Waals surface area contributed by atoms with Gasteiger partial charge in [-0.05, 0) is 0 Å². The van der Waals surface area contributed by atoms with Crippen molar-refractivity contribution >= 4 is 29.2 Å². The summed E-state index contributed by atoms with van der Waals surface area (Å²) >= 11 is 8.61. The van der Waals surface area contributed by atoms with Gasteiger partial charge in [-0.3, -0.25) is 0 Å². The summed E-state index contributed by atoms with van der Waals surface area (Å²) in [5.74, 6) is -2.14. The molecule has 0 aromatic rings. The van der Waals surface area contributed by atoms with E-state index in [-0.39, 0.29) is 29.6 Å². The maximum atomic E-state index is 11.4. The number of rotatable bonds is 1. The normalized spacial score (nSPS) is 9.88. The minimum atomic E-state index is -3.25. The van der Waals surface area contributed by atoms with E-state index in [0.717, 1.165) is 0 Å². The van der Waals surface area contributed by atoms with E-state index in [0.29, 0.717) is 0 Å². The van der Waals surface area contributed by atoms with Gasteiger partial charge in [0, 0.05) is 0 Å². The number of carboxylic acid groups (broad SMARTS) is 1. The summed E-state index contributed by atoms with van der Waals surface area (Å²) < 4.78 is 8.13. The molecule has 0 aromatic heterocycles. The number of carbonyl (C=O) groups excluding carboxylic acids is 1. The second kappa shape index (κ2) is 3.90. The number of halogens is 3. The van der Waals surface area contributed by atoms with E-state index in [1.165, 1.54) is 0 Å². The predicted octanol–water partition coefficient (Wildman–Crippen LogP) is -3.16. The van der Waals surface area contributed by atoms with E-state index in [1.54, 1.807) is 0 Å². The molecule has 42 valence electrons. The van der Waals surface area contributed by atoms with Crippen molar-refractivity contribution in [2.24, 2.45) is 0 Å². The molecule has 0 saturated carbocycles. The van der Waals surface area contributed by atoms with Crippen molar-refractivity contribution in [1.29, 1.82) is 0 Å². The molecule has 8 heavy (non-hydrogen) atoms. The van der Waals surface area contributed by atoms with Gasteiger partial charge in [0.05, 0.1) is 0 Å². The summed E-state index contributed by atoms with van der Waals surface area (Å²) in [5.41, 5.74) is 0. The Hall–Kier alpha value is 0.980. The average molecular weight is 169 g/mol. The van der Waals surface area contributed by atoms with Gasteiger partial charge in [0.2, 0.25) is 0 Å². The Balaban J connectivity index is 0. The maximum absolute atomic E-state index is 11.4. The van der Waals surface area contributed by atoms with Crippen molar-refractivity contribution in [1.82, 2.24) is 0 Å². The Morgan fingerprint density at radius 2 is 1.75 bits per heavy atom. The van der Waals surface area contributed by atoms with Gasteiger partial charge in [-0.15, -0.1) is 0 Å². The van der Waals surface area contributed by atoms with E-state index in [4.69, 9.17) is 0 Å². The molecular formula is C2Cl2FNaO2. The largest absolute Gasteiger partial charge is 1.00 e. The Labute approximate surface area is 77.2 Å². The van der Waals surface area contributed by atoms with Crippen molar-refractivity contribution in [3.8, 4) is 0 Å². The van der Waals surface area contributed by atoms with Crippen LogP contribution in [0.25, 0.3) is 0 Å². The third kappa shape index (κ3) is 5.12. The maximum Gasteiger partial charge on any atom is 1.00 e. The molecule has 0 radical (unpaired) electrons. The van der Waals surface area contributed by atoms with Crippen LogP contribution in [0.5, 0.6) is 0 Å². The first kappa shape index (κ1) is 11.7. The van der Waals surface area contributed by atoms with Gasteiger partial charge in [-0.25, -0.2) is 4.39 Å². The molecule has 0 bridgehead atoms. The molecule has 0 aliphatic heterocycles. The van der Waals surface area contributed by atoms with Crippen molar-refractivity contribution < 1.29 is 43.8 Å². The number of alkyl halides is 3. The van der Waals surface area contributed by atoms with Crippen LogP contribution in [-0.4, -0.2) is 10.6 Å². The fraction of sp³-hybridized carbons (Fsp3) is 0.500. The molecule has 0 rings (SSSR count). The van der Waals surface area contributed by atoms with E-state index >= 15 is 0 Å². The van der Waals surface area contributed by atoms with Crippen LogP contribution in [0.15, 0.2) is 0 Å². The average Bonchev–Trinajstić information content (AvgIpc) is 1.31. The molecule has 0 aliphatic carbocycles. The number of hydrogen-bond donors (Lipinski definition) is 0. The molecule has 0 amide bonds. The van der Waals surface area contributed by atoms with Crippen molar-refractivity contribution in [2.75, 3.05) is 0 Å². The van der Waals surface area contributed by atoms with Crippen molar-refractivity contribution in [2.45, 2.75) is 4.59 Å². The van der Waals surface area contributed by atoms with Gasteiger partial charge in [0.1, 0.15) is 5.97 Å². The van der Waals surface area contributed by atoms with Crippen LogP contribution in [0.4, 0.5) is 4.39 Å². The van der Waals surface area contributed by atoms with Gasteiger partial charge in [0.25, 0.3) is 4.59 Å². The first-order valence-electron chi connectivity index (χ1n) is 1.23. The molecule has 2 nitrogen and oxygen atoms in total. The fourth-order valence-electron chi connectivity index (χ4n) is 0. The zero-order chi connectivity index (χ0) is 6.08. The number of carboxylic acids is 1. The third-order valence-electron chi connectivity index (χ3n) is 0.231. The molecule has 0 atom stereocenters. The van der Waals surface area contributed by atoms with Gasteiger partial charge in [0.15, 0.2) is 0 Å². The number of hydrogen-bond acceptors (Lipinski definition) is 2. The van der Waals surface area contributed by atoms with Crippen LogP contribution in [0, 0.1) is 0 Å². The zero-order valence-corrected chi connectivity index (χ0v) is 7.46. The second-order valence-corrected chi connectivity index (χ2v) is 2.02. The first-order chi connectivity index (χ1) is 2.94. The van der Waals surface area contributed by atoms with Gasteiger partial charge >= 0.3 is 29.6 Å². The van der Waals surface area contributed by atoms with Gasteiger partial charge in [-0.1, -0.05) is 23.2 Å². The topological polar surface area (TPSA) is 40.1 Å². The van der Waals surface area contributed by atoms with E-state index in [9.17, 15) is 14.3 Å². The third-order valence-corrected chi connectivity index (χ3v) is 0.540. The fourth-order valence-corrected chi connectivity index (χ4v) is 0. The smallest absolute Gasteiger partial charge is 0.544 e. The minimum absolute atomic E-state index is 0. The molecule has 0 fully saturated rings. The van der Waals surface area contributed by atoms with Crippen LogP contribution in [-0.2, 0) is 4.79 Å². The zero-order valence-electron chi connectivity index (χ0n) is 3.95. The molecule has 0 spiro atoms. The number of aliphatic carboxylic acids is 1. The minimum Gasteiger partial charge on any atom is -0.544 e. The van der Waals surface area contributed by atoms with Crippen molar-refractivity contribution in [3.05, 3.63) is 0 Å². The van der Waals surface area contributed by atoms with Crippen LogP contribution >= 0.6 is 23.2 Å². The SMILES string of the molecule is O=C([O-])C(F)(Cl)Cl.[Na+]. The molecule has 0 saturated heterocycles. The van der Waals surface area contributed by atoms with Gasteiger partial charge in [-0.2, -0.15) is 0 Å². The molecule has 0 N–H and O–H groups in total. The summed E-state index contributed by atoms with van der Waals surface area (Å²) in [6.45, 7) is 0. The first-order valence-corrected chi connectivity index (χ1v) is 1.98. The Kier molecular flexibility index (Phi) is 5.73. The summed E-state index contributed by atoms with van der Waals surface area (Å²) in [6, 6.07) is 0. The van der Waals surface area contributed by atoms with Crippen LogP contribution in [0.2, 0.25) is 0 Å². The predicted molar refractivity (Wildman–Crippen MR) is 20.6 cm³/mol. The quantitative estimate of drug-likeness (QED) is 0.307. The number of carbonyl (C=O) groups is 1. The Morgan fingerprint density at radius 1 is 1.62 bits per heavy atom. The molecule has 0 aromatic carbocycles. The van der Waals surface area contributed by atoms with Crippen LogP contribution in [0.3, 0.4) is 0 Å². The van der Waals surface area contributed by atoms with Crippen molar-refractivity contribution in [3.63, 3.8) is 0 Å². The van der Waals surface area contributed by atoms with Crippen LogP contribution < -0.4 is 34.7 Å². The Morgan fingerprint density at radius 3 is 1.75 bits per heavy atom. The summed E-state index contributed by atoms with van der Waals surface area (Å²) in [7, 11) is 0. The molecule has 0 heterocycles. The summed E-state index contributed by atoms with van der Waals surface area (Å²) in [5, 5.41) is 9.27. The Bertz CT molecular complexity index is 90.5. The van der Waals surface area contributed by atoms with Crippen LogP contribution in [0.1, 0.15) is 0 Å².